The minimum atomic E-state index is -0.129. The Morgan fingerprint density at radius 3 is 2.41 bits per heavy atom. The van der Waals surface area contributed by atoms with Crippen LogP contribution >= 0.6 is 0 Å². The van der Waals surface area contributed by atoms with E-state index in [1.165, 1.54) is 76.2 Å². The highest BCUT2D eigenvalue weighted by Crippen LogP contribution is 2.73. The van der Waals surface area contributed by atoms with Crippen molar-refractivity contribution in [3.05, 3.63) is 36.2 Å². The largest absolute Gasteiger partial charge is 0.365 e. The van der Waals surface area contributed by atoms with Crippen molar-refractivity contribution in [2.75, 3.05) is 0 Å². The van der Waals surface area contributed by atoms with Crippen LogP contribution in [0.3, 0.4) is 0 Å². The van der Waals surface area contributed by atoms with Crippen LogP contribution in [0.1, 0.15) is 119 Å². The molecule has 2 nitrogen and oxygen atoms in total. The molecule has 4 saturated carbocycles. The average molecular weight is 534 g/mol. The topological polar surface area (TPSA) is 29.1 Å². The van der Waals surface area contributed by atoms with Gasteiger partial charge in [-0.1, -0.05) is 86.3 Å². The van der Waals surface area contributed by atoms with E-state index in [0.29, 0.717) is 16.7 Å². The van der Waals surface area contributed by atoms with Gasteiger partial charge < -0.3 is 10.1 Å². The van der Waals surface area contributed by atoms with Gasteiger partial charge in [-0.2, -0.15) is 0 Å². The van der Waals surface area contributed by atoms with Gasteiger partial charge in [0.1, 0.15) is 6.29 Å². The van der Waals surface area contributed by atoms with Crippen molar-refractivity contribution in [2.45, 2.75) is 119 Å². The van der Waals surface area contributed by atoms with Crippen LogP contribution in [-0.4, -0.2) is 6.29 Å². The zero-order chi connectivity index (χ0) is 28.0. The standard InChI is InChI=1S/C37H59NO/c1-8-27-23-32-36(6,20-18-28(24-39)37(32,7)33-15-10-9-11-22-38-33)31-19-21-35(5)29(16-17-30(35)34(27)31)26(4)14-12-13-25(2)3/h9-11,15,22,24-32,34,38H,8,12-14,16-21,23H2,1-7H3/t26-,27?,28?,29-,30+,31+,32-,34+,35-,36-,37?/m1/s1. The first-order valence-electron chi connectivity index (χ1n) is 16.9. The number of nitrogens with one attached hydrogen (secondary N) is 1. The second kappa shape index (κ2) is 11.2. The molecule has 0 radical (unpaired) electrons. The highest BCUT2D eigenvalue weighted by atomic mass is 16.1. The molecule has 0 spiro atoms. The van der Waals surface area contributed by atoms with Crippen LogP contribution < -0.4 is 5.32 Å². The van der Waals surface area contributed by atoms with E-state index in [9.17, 15) is 4.79 Å². The summed E-state index contributed by atoms with van der Waals surface area (Å²) in [7, 11) is 0. The lowest BCUT2D eigenvalue weighted by Gasteiger charge is -2.67. The first kappa shape index (κ1) is 29.2. The molecule has 218 valence electrons. The number of fused-ring (bicyclic) bond motifs is 5. The Kier molecular flexibility index (Phi) is 8.36. The van der Waals surface area contributed by atoms with E-state index in [1.807, 2.05) is 0 Å². The zero-order valence-electron chi connectivity index (χ0n) is 26.3. The van der Waals surface area contributed by atoms with Crippen molar-refractivity contribution in [2.24, 2.45) is 69.5 Å². The fourth-order valence-corrected chi connectivity index (χ4v) is 11.8. The molecule has 1 aliphatic heterocycles. The molecule has 4 aliphatic carbocycles. The van der Waals surface area contributed by atoms with E-state index in [1.54, 1.807) is 0 Å². The number of hydrogen-bond donors (Lipinski definition) is 1. The second-order valence-corrected chi connectivity index (χ2v) is 15.8. The van der Waals surface area contributed by atoms with E-state index in [2.05, 4.69) is 84.3 Å². The van der Waals surface area contributed by atoms with E-state index in [4.69, 9.17) is 0 Å². The molecule has 0 aromatic carbocycles. The molecule has 0 saturated heterocycles. The molecule has 0 aromatic heterocycles. The summed E-state index contributed by atoms with van der Waals surface area (Å²) in [6, 6.07) is 0. The van der Waals surface area contributed by atoms with Crippen molar-refractivity contribution in [1.82, 2.24) is 5.32 Å². The maximum Gasteiger partial charge on any atom is 0.124 e. The Hall–Kier alpha value is -1.31. The van der Waals surface area contributed by atoms with Crippen molar-refractivity contribution in [1.29, 1.82) is 0 Å². The first-order valence-corrected chi connectivity index (χ1v) is 16.9. The molecule has 4 fully saturated rings. The summed E-state index contributed by atoms with van der Waals surface area (Å²) in [5.41, 5.74) is 1.98. The number of allylic oxidation sites excluding steroid dienone is 5. The van der Waals surface area contributed by atoms with Crippen LogP contribution in [0.15, 0.2) is 36.2 Å². The van der Waals surface area contributed by atoms with Crippen LogP contribution in [0.25, 0.3) is 0 Å². The zero-order valence-corrected chi connectivity index (χ0v) is 26.3. The highest BCUT2D eigenvalue weighted by molar-refractivity contribution is 5.58. The lowest BCUT2D eigenvalue weighted by Crippen LogP contribution is -2.62. The Morgan fingerprint density at radius 1 is 0.949 bits per heavy atom. The molecular formula is C37H59NO. The predicted molar refractivity (Wildman–Crippen MR) is 165 cm³/mol. The summed E-state index contributed by atoms with van der Waals surface area (Å²) in [4.78, 5) is 12.6. The molecule has 0 bridgehead atoms. The minimum absolute atomic E-state index is 0.0969. The Labute approximate surface area is 240 Å². The van der Waals surface area contributed by atoms with Gasteiger partial charge in [0.25, 0.3) is 0 Å². The summed E-state index contributed by atoms with van der Waals surface area (Å²) in [6.45, 7) is 17.7. The second-order valence-electron chi connectivity index (χ2n) is 15.8. The van der Waals surface area contributed by atoms with Crippen LogP contribution in [0, 0.1) is 69.5 Å². The fourth-order valence-electron chi connectivity index (χ4n) is 11.8. The minimum Gasteiger partial charge on any atom is -0.365 e. The highest BCUT2D eigenvalue weighted by Gasteiger charge is 2.66. The first-order chi connectivity index (χ1) is 18.6. The van der Waals surface area contributed by atoms with E-state index >= 15 is 0 Å². The monoisotopic (exact) mass is 533 g/mol. The molecule has 5 aliphatic rings. The molecule has 0 aromatic rings. The number of hydrogen-bond acceptors (Lipinski definition) is 2. The van der Waals surface area contributed by atoms with Crippen LogP contribution in [-0.2, 0) is 4.79 Å². The molecule has 3 unspecified atom stereocenters. The summed E-state index contributed by atoms with van der Waals surface area (Å²) in [6.07, 6.45) is 26.8. The van der Waals surface area contributed by atoms with Gasteiger partial charge in [-0.3, -0.25) is 0 Å². The Bertz CT molecular complexity index is 976. The normalized spacial score (nSPS) is 45.9. The summed E-state index contributed by atoms with van der Waals surface area (Å²) in [5.74, 6) is 6.61. The summed E-state index contributed by atoms with van der Waals surface area (Å²) >= 11 is 0. The van der Waals surface area contributed by atoms with Crippen molar-refractivity contribution in [3.8, 4) is 0 Å². The molecule has 0 amide bonds. The molecule has 5 rings (SSSR count). The third-order valence-corrected chi connectivity index (χ3v) is 13.8. The quantitative estimate of drug-likeness (QED) is 0.315. The van der Waals surface area contributed by atoms with E-state index in [0.717, 1.165) is 47.8 Å². The molecule has 1 N–H and O–H groups in total. The number of carbonyl (C=O) groups excluding carboxylic acids is 1. The fraction of sp³-hybridized carbons (Fsp3) is 0.811. The van der Waals surface area contributed by atoms with Gasteiger partial charge >= 0.3 is 0 Å². The third-order valence-electron chi connectivity index (χ3n) is 13.8. The molecular weight excluding hydrogens is 474 g/mol. The third kappa shape index (κ3) is 4.72. The SMILES string of the molecule is CCC1C[C@H]2C(C)(C3=CC=CC=CN3)C(C=O)CC[C@]2(C)[C@H]2CC[C@]3(C)[C@@H]([C@H](C)CCCC(C)C)CC[C@H]3[C@H]12. The summed E-state index contributed by atoms with van der Waals surface area (Å²) < 4.78 is 0. The number of rotatable bonds is 8. The lowest BCUT2D eigenvalue weighted by atomic mass is 9.37. The maximum atomic E-state index is 12.6. The number of aldehydes is 1. The van der Waals surface area contributed by atoms with Gasteiger partial charge in [0.05, 0.1) is 0 Å². The van der Waals surface area contributed by atoms with Gasteiger partial charge in [-0.05, 0) is 115 Å². The summed E-state index contributed by atoms with van der Waals surface area (Å²) in [5, 5.41) is 3.66. The Balaban J connectivity index is 1.45. The predicted octanol–water partition coefficient (Wildman–Crippen LogP) is 9.73. The van der Waals surface area contributed by atoms with Crippen LogP contribution in [0.5, 0.6) is 0 Å². The van der Waals surface area contributed by atoms with Crippen molar-refractivity contribution in [3.63, 3.8) is 0 Å². The van der Waals surface area contributed by atoms with Crippen LogP contribution in [0.2, 0.25) is 0 Å². The maximum absolute atomic E-state index is 12.6. The molecule has 39 heavy (non-hydrogen) atoms. The molecule has 2 heteroatoms. The van der Waals surface area contributed by atoms with E-state index < -0.39 is 0 Å². The van der Waals surface area contributed by atoms with Gasteiger partial charge in [-0.25, -0.2) is 0 Å². The van der Waals surface area contributed by atoms with Gasteiger partial charge in [0.15, 0.2) is 0 Å². The average Bonchev–Trinajstić information content (AvgIpc) is 3.05. The Morgan fingerprint density at radius 2 is 1.69 bits per heavy atom. The molecule has 11 atom stereocenters. The van der Waals surface area contributed by atoms with Gasteiger partial charge in [-0.15, -0.1) is 0 Å². The lowest BCUT2D eigenvalue weighted by molar-refractivity contribution is -0.181. The molecule has 1 heterocycles. The van der Waals surface area contributed by atoms with Gasteiger partial charge in [0, 0.05) is 23.2 Å². The smallest absolute Gasteiger partial charge is 0.124 e. The number of carbonyl (C=O) groups is 1. The van der Waals surface area contributed by atoms with Crippen LogP contribution in [0.4, 0.5) is 0 Å². The van der Waals surface area contributed by atoms with Crippen molar-refractivity contribution >= 4 is 6.29 Å². The van der Waals surface area contributed by atoms with Crippen molar-refractivity contribution < 1.29 is 4.79 Å². The van der Waals surface area contributed by atoms with Gasteiger partial charge in [0.2, 0.25) is 0 Å². The van der Waals surface area contributed by atoms with E-state index in [-0.39, 0.29) is 11.3 Å².